The molecule has 7 heteroatoms. The van der Waals surface area contributed by atoms with Crippen molar-refractivity contribution in [3.8, 4) is 0 Å². The Morgan fingerprint density at radius 2 is 2.00 bits per heavy atom. The molecule has 22 heavy (non-hydrogen) atoms. The van der Waals surface area contributed by atoms with Crippen molar-refractivity contribution >= 4 is 22.8 Å². The summed E-state index contributed by atoms with van der Waals surface area (Å²) in [6.07, 6.45) is 4.28. The second kappa shape index (κ2) is 5.90. The summed E-state index contributed by atoms with van der Waals surface area (Å²) in [7, 11) is 1.88. The van der Waals surface area contributed by atoms with E-state index in [0.717, 1.165) is 49.5 Å². The van der Waals surface area contributed by atoms with E-state index in [1.165, 1.54) is 0 Å². The smallest absolute Gasteiger partial charge is 0.225 e. The standard InChI is InChI=1S/C15H22N6O/c1-4-11(2)15(22)21-7-5-20(6-8-21)14-12-9-18-19(3)13(12)16-10-17-14/h9-11H,4-8H2,1-3H3. The van der Waals surface area contributed by atoms with Crippen LogP contribution in [0.3, 0.4) is 0 Å². The molecule has 1 unspecified atom stereocenters. The van der Waals surface area contributed by atoms with Gasteiger partial charge in [-0.15, -0.1) is 0 Å². The first-order valence-corrected chi connectivity index (χ1v) is 7.78. The van der Waals surface area contributed by atoms with Gasteiger partial charge in [0.25, 0.3) is 0 Å². The summed E-state index contributed by atoms with van der Waals surface area (Å²) in [6.45, 7) is 7.13. The molecule has 7 nitrogen and oxygen atoms in total. The number of anilines is 1. The molecule has 0 N–H and O–H groups in total. The van der Waals surface area contributed by atoms with Crippen molar-refractivity contribution in [1.82, 2.24) is 24.6 Å². The molecule has 0 bridgehead atoms. The third-order valence-electron chi connectivity index (χ3n) is 4.43. The molecular weight excluding hydrogens is 280 g/mol. The Morgan fingerprint density at radius 3 is 2.68 bits per heavy atom. The normalized spacial score (nSPS) is 17.0. The third kappa shape index (κ3) is 2.51. The highest BCUT2D eigenvalue weighted by Crippen LogP contribution is 2.23. The van der Waals surface area contributed by atoms with Gasteiger partial charge in [-0.25, -0.2) is 9.97 Å². The average molecular weight is 302 g/mol. The molecule has 0 aliphatic carbocycles. The Bertz CT molecular complexity index is 674. The van der Waals surface area contributed by atoms with Crippen LogP contribution in [-0.4, -0.2) is 56.7 Å². The Kier molecular flexibility index (Phi) is 3.96. The maximum absolute atomic E-state index is 12.3. The van der Waals surface area contributed by atoms with Crippen molar-refractivity contribution in [2.75, 3.05) is 31.1 Å². The summed E-state index contributed by atoms with van der Waals surface area (Å²) in [5.41, 5.74) is 0.836. The quantitative estimate of drug-likeness (QED) is 0.848. The lowest BCUT2D eigenvalue weighted by atomic mass is 10.1. The van der Waals surface area contributed by atoms with Gasteiger partial charge in [-0.3, -0.25) is 9.48 Å². The molecule has 2 aromatic heterocycles. The first kappa shape index (κ1) is 14.7. The molecule has 1 amide bonds. The summed E-state index contributed by atoms with van der Waals surface area (Å²) in [4.78, 5) is 25.1. The van der Waals surface area contributed by atoms with Crippen molar-refractivity contribution in [2.45, 2.75) is 20.3 Å². The minimum atomic E-state index is 0.107. The molecular formula is C15H22N6O. The zero-order chi connectivity index (χ0) is 15.7. The van der Waals surface area contributed by atoms with E-state index >= 15 is 0 Å². The molecule has 2 aromatic rings. The highest BCUT2D eigenvalue weighted by Gasteiger charge is 2.25. The van der Waals surface area contributed by atoms with E-state index in [1.807, 2.05) is 18.9 Å². The van der Waals surface area contributed by atoms with Crippen LogP contribution in [0.2, 0.25) is 0 Å². The van der Waals surface area contributed by atoms with Gasteiger partial charge in [0.15, 0.2) is 5.65 Å². The molecule has 0 aromatic carbocycles. The summed E-state index contributed by atoms with van der Waals surface area (Å²) in [6, 6.07) is 0. The number of aryl methyl sites for hydroxylation is 1. The maximum Gasteiger partial charge on any atom is 0.225 e. The van der Waals surface area contributed by atoms with Gasteiger partial charge in [-0.1, -0.05) is 13.8 Å². The number of hydrogen-bond donors (Lipinski definition) is 0. The van der Waals surface area contributed by atoms with Gasteiger partial charge in [0.05, 0.1) is 11.6 Å². The number of carbonyl (C=O) groups is 1. The number of piperazine rings is 1. The fourth-order valence-corrected chi connectivity index (χ4v) is 2.83. The summed E-state index contributed by atoms with van der Waals surface area (Å²) < 4.78 is 1.75. The Morgan fingerprint density at radius 1 is 1.27 bits per heavy atom. The van der Waals surface area contributed by atoms with E-state index in [4.69, 9.17) is 0 Å². The predicted octanol–water partition coefficient (Wildman–Crippen LogP) is 1.06. The first-order valence-electron chi connectivity index (χ1n) is 7.78. The second-order valence-corrected chi connectivity index (χ2v) is 5.82. The number of hydrogen-bond acceptors (Lipinski definition) is 5. The SMILES string of the molecule is CCC(C)C(=O)N1CCN(c2ncnc3c2cnn3C)CC1. The van der Waals surface area contributed by atoms with Gasteiger partial charge in [0.2, 0.25) is 5.91 Å². The number of carbonyl (C=O) groups excluding carboxylic acids is 1. The average Bonchev–Trinajstić information content (AvgIpc) is 2.95. The van der Waals surface area contributed by atoms with Crippen LogP contribution in [0.25, 0.3) is 11.0 Å². The molecule has 0 saturated carbocycles. The maximum atomic E-state index is 12.3. The lowest BCUT2D eigenvalue weighted by Crippen LogP contribution is -2.50. The number of amides is 1. The molecule has 1 aliphatic rings. The zero-order valence-corrected chi connectivity index (χ0v) is 13.4. The molecule has 1 aliphatic heterocycles. The van der Waals surface area contributed by atoms with Crippen molar-refractivity contribution in [1.29, 1.82) is 0 Å². The zero-order valence-electron chi connectivity index (χ0n) is 13.4. The molecule has 3 heterocycles. The molecule has 1 atom stereocenters. The van der Waals surface area contributed by atoms with E-state index in [-0.39, 0.29) is 11.8 Å². The van der Waals surface area contributed by atoms with Crippen molar-refractivity contribution in [3.05, 3.63) is 12.5 Å². The molecule has 1 saturated heterocycles. The predicted molar refractivity (Wildman–Crippen MR) is 84.6 cm³/mol. The number of aromatic nitrogens is 4. The van der Waals surface area contributed by atoms with Gasteiger partial charge in [0, 0.05) is 39.1 Å². The van der Waals surface area contributed by atoms with E-state index in [1.54, 1.807) is 17.2 Å². The van der Waals surface area contributed by atoms with Crippen LogP contribution in [-0.2, 0) is 11.8 Å². The highest BCUT2D eigenvalue weighted by atomic mass is 16.2. The van der Waals surface area contributed by atoms with E-state index < -0.39 is 0 Å². The van der Waals surface area contributed by atoms with Crippen LogP contribution in [0.1, 0.15) is 20.3 Å². The van der Waals surface area contributed by atoms with E-state index in [9.17, 15) is 4.79 Å². The largest absolute Gasteiger partial charge is 0.352 e. The van der Waals surface area contributed by atoms with Gasteiger partial charge < -0.3 is 9.80 Å². The highest BCUT2D eigenvalue weighted by molar-refractivity contribution is 5.86. The topological polar surface area (TPSA) is 67.2 Å². The number of fused-ring (bicyclic) bond motifs is 1. The molecule has 118 valence electrons. The van der Waals surface area contributed by atoms with Crippen LogP contribution in [0.5, 0.6) is 0 Å². The van der Waals surface area contributed by atoms with Crippen LogP contribution in [0.4, 0.5) is 5.82 Å². The molecule has 0 spiro atoms. The summed E-state index contributed by atoms with van der Waals surface area (Å²) in [5, 5.41) is 5.22. The van der Waals surface area contributed by atoms with Gasteiger partial charge in [-0.2, -0.15) is 5.10 Å². The van der Waals surface area contributed by atoms with Crippen LogP contribution in [0, 0.1) is 5.92 Å². The lowest BCUT2D eigenvalue weighted by Gasteiger charge is -2.36. The Hall–Kier alpha value is -2.18. The summed E-state index contributed by atoms with van der Waals surface area (Å²) in [5.74, 6) is 1.28. The van der Waals surface area contributed by atoms with Crippen LogP contribution in [0.15, 0.2) is 12.5 Å². The van der Waals surface area contributed by atoms with Crippen molar-refractivity contribution in [3.63, 3.8) is 0 Å². The first-order chi connectivity index (χ1) is 10.6. The molecule has 3 rings (SSSR count). The Labute approximate surface area is 129 Å². The third-order valence-corrected chi connectivity index (χ3v) is 4.43. The number of rotatable bonds is 3. The minimum absolute atomic E-state index is 0.107. The molecule has 0 radical (unpaired) electrons. The second-order valence-electron chi connectivity index (χ2n) is 5.82. The van der Waals surface area contributed by atoms with Crippen molar-refractivity contribution in [2.24, 2.45) is 13.0 Å². The minimum Gasteiger partial charge on any atom is -0.352 e. The van der Waals surface area contributed by atoms with Crippen molar-refractivity contribution < 1.29 is 4.79 Å². The van der Waals surface area contributed by atoms with Crippen LogP contribution < -0.4 is 4.90 Å². The monoisotopic (exact) mass is 302 g/mol. The van der Waals surface area contributed by atoms with Gasteiger partial charge in [-0.05, 0) is 6.42 Å². The summed E-state index contributed by atoms with van der Waals surface area (Å²) >= 11 is 0. The van der Waals surface area contributed by atoms with Gasteiger partial charge >= 0.3 is 0 Å². The Balaban J connectivity index is 1.74. The fourth-order valence-electron chi connectivity index (χ4n) is 2.83. The fraction of sp³-hybridized carbons (Fsp3) is 0.600. The van der Waals surface area contributed by atoms with E-state index in [0.29, 0.717) is 0 Å². The molecule has 1 fully saturated rings. The number of nitrogens with zero attached hydrogens (tertiary/aromatic N) is 6. The van der Waals surface area contributed by atoms with E-state index in [2.05, 4.69) is 26.9 Å². The van der Waals surface area contributed by atoms with Crippen LogP contribution >= 0.6 is 0 Å². The lowest BCUT2D eigenvalue weighted by molar-refractivity contribution is -0.135. The van der Waals surface area contributed by atoms with Gasteiger partial charge in [0.1, 0.15) is 12.1 Å².